The van der Waals surface area contributed by atoms with Gasteiger partial charge in [-0.3, -0.25) is 4.98 Å². The Labute approximate surface area is 118 Å². The van der Waals surface area contributed by atoms with Crippen LogP contribution in [0.15, 0.2) is 36.8 Å². The number of aromatic nitrogens is 2. The predicted molar refractivity (Wildman–Crippen MR) is 84.8 cm³/mol. The molecular formula is C18H18N2. The summed E-state index contributed by atoms with van der Waals surface area (Å²) in [6.45, 7) is 8.92. The van der Waals surface area contributed by atoms with Crippen molar-refractivity contribution in [3.05, 3.63) is 47.9 Å². The topological polar surface area (TPSA) is 17.3 Å². The van der Waals surface area contributed by atoms with Crippen LogP contribution in [-0.2, 0) is 5.41 Å². The standard InChI is InChI=1S/C18H18N2/c1-11-5-6-16-12(7-11)13-8-19-9-14-15(18(2,3)4)10-20(16)17(13)14/h5-10H,1-4H3. The Kier molecular flexibility index (Phi) is 2.06. The van der Waals surface area contributed by atoms with E-state index in [2.05, 4.69) is 61.5 Å². The quantitative estimate of drug-likeness (QED) is 0.449. The van der Waals surface area contributed by atoms with Crippen molar-refractivity contribution in [2.45, 2.75) is 33.1 Å². The fourth-order valence-corrected chi connectivity index (χ4v) is 3.23. The molecule has 2 nitrogen and oxygen atoms in total. The number of benzene rings is 1. The number of aryl methyl sites for hydroxylation is 1. The van der Waals surface area contributed by atoms with Gasteiger partial charge in [-0.2, -0.15) is 0 Å². The molecule has 3 heterocycles. The highest BCUT2D eigenvalue weighted by atomic mass is 14.9. The molecule has 0 aliphatic carbocycles. The molecule has 4 rings (SSSR count). The van der Waals surface area contributed by atoms with Crippen molar-refractivity contribution >= 4 is 27.2 Å². The zero-order valence-corrected chi connectivity index (χ0v) is 12.4. The van der Waals surface area contributed by atoms with Crippen LogP contribution >= 0.6 is 0 Å². The summed E-state index contributed by atoms with van der Waals surface area (Å²) >= 11 is 0. The number of hydrogen-bond acceptors (Lipinski definition) is 1. The number of fused-ring (bicyclic) bond motifs is 3. The molecule has 0 saturated carbocycles. The molecule has 4 aromatic rings. The van der Waals surface area contributed by atoms with Crippen LogP contribution in [0.4, 0.5) is 0 Å². The zero-order chi connectivity index (χ0) is 14.1. The SMILES string of the molecule is Cc1ccc2c(c1)c1cncc3c(C(C)(C)C)cn2c31. The summed E-state index contributed by atoms with van der Waals surface area (Å²) in [6.07, 6.45) is 6.29. The molecule has 100 valence electrons. The maximum absolute atomic E-state index is 4.48. The molecule has 20 heavy (non-hydrogen) atoms. The van der Waals surface area contributed by atoms with E-state index in [4.69, 9.17) is 0 Å². The largest absolute Gasteiger partial charge is 0.315 e. The van der Waals surface area contributed by atoms with E-state index in [1.807, 2.05) is 12.4 Å². The van der Waals surface area contributed by atoms with E-state index in [9.17, 15) is 0 Å². The minimum absolute atomic E-state index is 0.131. The first-order chi connectivity index (χ1) is 9.47. The Morgan fingerprint density at radius 3 is 2.50 bits per heavy atom. The third-order valence-electron chi connectivity index (χ3n) is 4.22. The van der Waals surface area contributed by atoms with Gasteiger partial charge in [0.15, 0.2) is 0 Å². The van der Waals surface area contributed by atoms with Crippen LogP contribution in [0.2, 0.25) is 0 Å². The van der Waals surface area contributed by atoms with E-state index in [-0.39, 0.29) is 5.41 Å². The van der Waals surface area contributed by atoms with Crippen molar-refractivity contribution in [1.29, 1.82) is 0 Å². The molecule has 0 atom stereocenters. The molecule has 0 radical (unpaired) electrons. The van der Waals surface area contributed by atoms with Gasteiger partial charge in [-0.1, -0.05) is 32.4 Å². The highest BCUT2D eigenvalue weighted by Gasteiger charge is 2.23. The molecule has 2 heteroatoms. The van der Waals surface area contributed by atoms with Gasteiger partial charge >= 0.3 is 0 Å². The fourth-order valence-electron chi connectivity index (χ4n) is 3.23. The summed E-state index contributed by atoms with van der Waals surface area (Å²) < 4.78 is 2.34. The second-order valence-corrected chi connectivity index (χ2v) is 6.77. The normalized spacial score (nSPS) is 13.0. The molecule has 0 N–H and O–H groups in total. The summed E-state index contributed by atoms with van der Waals surface area (Å²) in [7, 11) is 0. The van der Waals surface area contributed by atoms with E-state index >= 15 is 0 Å². The fraction of sp³-hybridized carbons (Fsp3) is 0.278. The Hall–Kier alpha value is -2.09. The third-order valence-corrected chi connectivity index (χ3v) is 4.22. The Balaban J connectivity index is 2.29. The van der Waals surface area contributed by atoms with Crippen LogP contribution < -0.4 is 0 Å². The molecule has 1 aromatic carbocycles. The molecule has 0 saturated heterocycles. The van der Waals surface area contributed by atoms with Crippen molar-refractivity contribution in [3.8, 4) is 0 Å². The van der Waals surface area contributed by atoms with E-state index in [1.165, 1.54) is 38.3 Å². The predicted octanol–water partition coefficient (Wildman–Crippen LogP) is 4.68. The smallest absolute Gasteiger partial charge is 0.0641 e. The van der Waals surface area contributed by atoms with Crippen molar-refractivity contribution in [1.82, 2.24) is 9.38 Å². The molecule has 0 fully saturated rings. The van der Waals surface area contributed by atoms with E-state index in [0.29, 0.717) is 0 Å². The summed E-state index contributed by atoms with van der Waals surface area (Å²) in [5.74, 6) is 0. The van der Waals surface area contributed by atoms with E-state index < -0.39 is 0 Å². The first-order valence-corrected chi connectivity index (χ1v) is 7.08. The van der Waals surface area contributed by atoms with Crippen molar-refractivity contribution in [2.24, 2.45) is 0 Å². The van der Waals surface area contributed by atoms with Gasteiger partial charge in [-0.25, -0.2) is 0 Å². The average molecular weight is 262 g/mol. The molecular weight excluding hydrogens is 244 g/mol. The first-order valence-electron chi connectivity index (χ1n) is 7.08. The van der Waals surface area contributed by atoms with Gasteiger partial charge in [0.2, 0.25) is 0 Å². The highest BCUT2D eigenvalue weighted by molar-refractivity contribution is 6.14. The Morgan fingerprint density at radius 1 is 1.00 bits per heavy atom. The molecule has 3 aromatic heterocycles. The number of nitrogens with zero attached hydrogens (tertiary/aromatic N) is 2. The zero-order valence-electron chi connectivity index (χ0n) is 12.4. The number of pyridine rings is 1. The molecule has 0 unspecified atom stereocenters. The molecule has 0 aliphatic rings. The molecule has 0 aliphatic heterocycles. The van der Waals surface area contributed by atoms with Gasteiger partial charge in [0.1, 0.15) is 0 Å². The van der Waals surface area contributed by atoms with Crippen molar-refractivity contribution in [2.75, 3.05) is 0 Å². The highest BCUT2D eigenvalue weighted by Crippen LogP contribution is 2.38. The van der Waals surface area contributed by atoms with Crippen molar-refractivity contribution in [3.63, 3.8) is 0 Å². The third kappa shape index (κ3) is 1.36. The summed E-state index contributed by atoms with van der Waals surface area (Å²) in [6, 6.07) is 6.66. The van der Waals surface area contributed by atoms with Crippen LogP contribution in [0.1, 0.15) is 31.9 Å². The van der Waals surface area contributed by atoms with E-state index in [1.54, 1.807) is 0 Å². The lowest BCUT2D eigenvalue weighted by Gasteiger charge is -2.17. The maximum atomic E-state index is 4.48. The van der Waals surface area contributed by atoms with Gasteiger partial charge in [0, 0.05) is 34.7 Å². The van der Waals surface area contributed by atoms with Gasteiger partial charge in [-0.05, 0) is 30.0 Å². The Morgan fingerprint density at radius 2 is 1.75 bits per heavy atom. The van der Waals surface area contributed by atoms with Crippen molar-refractivity contribution < 1.29 is 0 Å². The molecule has 0 bridgehead atoms. The minimum Gasteiger partial charge on any atom is -0.315 e. The van der Waals surface area contributed by atoms with Gasteiger partial charge in [0.25, 0.3) is 0 Å². The lowest BCUT2D eigenvalue weighted by Crippen LogP contribution is -2.10. The number of hydrogen-bond donors (Lipinski definition) is 0. The van der Waals surface area contributed by atoms with Gasteiger partial charge in [0.05, 0.1) is 11.0 Å². The van der Waals surface area contributed by atoms with Crippen LogP contribution in [0.25, 0.3) is 27.2 Å². The molecule has 0 amide bonds. The van der Waals surface area contributed by atoms with Gasteiger partial charge in [-0.15, -0.1) is 0 Å². The van der Waals surface area contributed by atoms with Gasteiger partial charge < -0.3 is 4.40 Å². The summed E-state index contributed by atoms with van der Waals surface area (Å²) in [5, 5.41) is 3.85. The summed E-state index contributed by atoms with van der Waals surface area (Å²) in [4.78, 5) is 4.48. The van der Waals surface area contributed by atoms with Crippen LogP contribution in [-0.4, -0.2) is 9.38 Å². The molecule has 0 spiro atoms. The van der Waals surface area contributed by atoms with Crippen LogP contribution in [0, 0.1) is 6.92 Å². The van der Waals surface area contributed by atoms with Crippen LogP contribution in [0.3, 0.4) is 0 Å². The van der Waals surface area contributed by atoms with Crippen LogP contribution in [0.5, 0.6) is 0 Å². The number of rotatable bonds is 0. The Bertz CT molecular complexity index is 939. The second kappa shape index (κ2) is 3.51. The monoisotopic (exact) mass is 262 g/mol. The lowest BCUT2D eigenvalue weighted by atomic mass is 9.87. The van der Waals surface area contributed by atoms with E-state index in [0.717, 1.165) is 0 Å². The average Bonchev–Trinajstić information content (AvgIpc) is 2.91. The lowest BCUT2D eigenvalue weighted by molar-refractivity contribution is 0.595. The summed E-state index contributed by atoms with van der Waals surface area (Å²) in [5.41, 5.74) is 5.38. The first kappa shape index (κ1) is 11.7. The second-order valence-electron chi connectivity index (χ2n) is 6.77. The maximum Gasteiger partial charge on any atom is 0.0641 e. The minimum atomic E-state index is 0.131.